The number of hydrogen-bond acceptors (Lipinski definition) is 2. The Hall–Kier alpha value is -0.0800. The predicted molar refractivity (Wildman–Crippen MR) is 55.2 cm³/mol. The van der Waals surface area contributed by atoms with Crippen molar-refractivity contribution in [2.45, 2.75) is 53.2 Å². The van der Waals surface area contributed by atoms with E-state index in [0.29, 0.717) is 11.8 Å². The van der Waals surface area contributed by atoms with Gasteiger partial charge in [-0.1, -0.05) is 40.5 Å². The highest BCUT2D eigenvalue weighted by Crippen LogP contribution is 2.31. The van der Waals surface area contributed by atoms with Gasteiger partial charge in [-0.3, -0.25) is 0 Å². The number of aliphatic hydroxyl groups is 2. The van der Waals surface area contributed by atoms with E-state index < -0.39 is 5.79 Å². The van der Waals surface area contributed by atoms with Gasteiger partial charge in [0, 0.05) is 5.92 Å². The second-order valence-electron chi connectivity index (χ2n) is 4.58. The van der Waals surface area contributed by atoms with Gasteiger partial charge in [0.2, 0.25) is 0 Å². The lowest BCUT2D eigenvalue weighted by atomic mass is 9.77. The van der Waals surface area contributed by atoms with Gasteiger partial charge < -0.3 is 10.2 Å². The first-order chi connectivity index (χ1) is 5.80. The van der Waals surface area contributed by atoms with E-state index in [1.54, 1.807) is 0 Å². The molecule has 0 spiro atoms. The van der Waals surface area contributed by atoms with E-state index in [0.717, 1.165) is 12.8 Å². The van der Waals surface area contributed by atoms with Crippen molar-refractivity contribution in [1.82, 2.24) is 0 Å². The Balaban J connectivity index is 4.36. The largest absolute Gasteiger partial charge is 0.366 e. The van der Waals surface area contributed by atoms with Crippen LogP contribution in [0.4, 0.5) is 0 Å². The molecule has 0 radical (unpaired) electrons. The minimum absolute atomic E-state index is 0.0625. The average Bonchev–Trinajstić information content (AvgIpc) is 1.96. The minimum Gasteiger partial charge on any atom is -0.366 e. The molecule has 80 valence electrons. The molecule has 0 aliphatic rings. The van der Waals surface area contributed by atoms with E-state index in [2.05, 4.69) is 20.8 Å². The third kappa shape index (κ3) is 4.10. The highest BCUT2D eigenvalue weighted by atomic mass is 16.5. The summed E-state index contributed by atoms with van der Waals surface area (Å²) in [4.78, 5) is 0. The van der Waals surface area contributed by atoms with Gasteiger partial charge in [0.25, 0.3) is 0 Å². The zero-order valence-corrected chi connectivity index (χ0v) is 9.54. The van der Waals surface area contributed by atoms with Gasteiger partial charge in [-0.25, -0.2) is 0 Å². The molecule has 0 amide bonds. The van der Waals surface area contributed by atoms with E-state index in [4.69, 9.17) is 0 Å². The lowest BCUT2D eigenvalue weighted by molar-refractivity contribution is -0.197. The molecule has 0 bridgehead atoms. The van der Waals surface area contributed by atoms with Crippen molar-refractivity contribution < 1.29 is 10.2 Å². The molecule has 2 unspecified atom stereocenters. The fraction of sp³-hybridized carbons (Fsp3) is 1.00. The molecule has 0 aliphatic carbocycles. The Morgan fingerprint density at radius 1 is 1.15 bits per heavy atom. The Morgan fingerprint density at radius 2 is 1.62 bits per heavy atom. The predicted octanol–water partition coefficient (Wildman–Crippen LogP) is 2.40. The van der Waals surface area contributed by atoms with Crippen molar-refractivity contribution in [1.29, 1.82) is 0 Å². The zero-order valence-electron chi connectivity index (χ0n) is 9.54. The first-order valence-corrected chi connectivity index (χ1v) is 5.25. The third-order valence-corrected chi connectivity index (χ3v) is 2.98. The van der Waals surface area contributed by atoms with Crippen LogP contribution in [0.3, 0.4) is 0 Å². The summed E-state index contributed by atoms with van der Waals surface area (Å²) in [5.41, 5.74) is 0. The fourth-order valence-corrected chi connectivity index (χ4v) is 1.90. The molecular formula is C11H24O2. The minimum atomic E-state index is -1.54. The molecule has 0 fully saturated rings. The van der Waals surface area contributed by atoms with E-state index in [1.165, 1.54) is 6.92 Å². The Bertz CT molecular complexity index is 136. The summed E-state index contributed by atoms with van der Waals surface area (Å²) in [5, 5.41) is 19.0. The van der Waals surface area contributed by atoms with Crippen molar-refractivity contribution in [3.05, 3.63) is 0 Å². The van der Waals surface area contributed by atoms with Crippen LogP contribution in [0, 0.1) is 17.8 Å². The molecule has 2 nitrogen and oxygen atoms in total. The number of hydrogen-bond donors (Lipinski definition) is 2. The lowest BCUT2D eigenvalue weighted by Gasteiger charge is -2.34. The maximum Gasteiger partial charge on any atom is 0.162 e. The van der Waals surface area contributed by atoms with Gasteiger partial charge >= 0.3 is 0 Å². The average molecular weight is 188 g/mol. The Kier molecular flexibility index (Phi) is 4.93. The normalized spacial score (nSPS) is 17.5. The molecule has 2 N–H and O–H groups in total. The van der Waals surface area contributed by atoms with Crippen LogP contribution < -0.4 is 0 Å². The molecule has 2 atom stereocenters. The maximum absolute atomic E-state index is 9.49. The molecule has 0 aromatic rings. The highest BCUT2D eigenvalue weighted by Gasteiger charge is 2.32. The third-order valence-electron chi connectivity index (χ3n) is 2.98. The van der Waals surface area contributed by atoms with E-state index in [-0.39, 0.29) is 5.92 Å². The molecule has 2 heteroatoms. The SMILES string of the molecule is CCCC(C(C)C)C(C)C(C)(O)O. The maximum atomic E-state index is 9.49. The monoisotopic (exact) mass is 188 g/mol. The summed E-state index contributed by atoms with van der Waals surface area (Å²) in [6, 6.07) is 0. The smallest absolute Gasteiger partial charge is 0.162 e. The lowest BCUT2D eigenvalue weighted by Crippen LogP contribution is -2.38. The van der Waals surface area contributed by atoms with Crippen molar-refractivity contribution in [2.24, 2.45) is 17.8 Å². The van der Waals surface area contributed by atoms with Crippen LogP contribution in [0.2, 0.25) is 0 Å². The van der Waals surface area contributed by atoms with Crippen LogP contribution in [0.1, 0.15) is 47.5 Å². The van der Waals surface area contributed by atoms with Crippen LogP contribution in [-0.4, -0.2) is 16.0 Å². The van der Waals surface area contributed by atoms with Crippen molar-refractivity contribution in [2.75, 3.05) is 0 Å². The van der Waals surface area contributed by atoms with Gasteiger partial charge in [-0.15, -0.1) is 0 Å². The van der Waals surface area contributed by atoms with Crippen molar-refractivity contribution in [3.8, 4) is 0 Å². The quantitative estimate of drug-likeness (QED) is 0.650. The summed E-state index contributed by atoms with van der Waals surface area (Å²) in [5.74, 6) is -0.699. The summed E-state index contributed by atoms with van der Waals surface area (Å²) in [6.45, 7) is 9.81. The highest BCUT2D eigenvalue weighted by molar-refractivity contribution is 4.77. The van der Waals surface area contributed by atoms with Crippen LogP contribution in [0.15, 0.2) is 0 Å². The summed E-state index contributed by atoms with van der Waals surface area (Å²) in [6.07, 6.45) is 2.17. The second-order valence-corrected chi connectivity index (χ2v) is 4.58. The van der Waals surface area contributed by atoms with Gasteiger partial charge in [-0.2, -0.15) is 0 Å². The number of rotatable bonds is 5. The zero-order chi connectivity index (χ0) is 10.6. The molecule has 0 aromatic heterocycles. The van der Waals surface area contributed by atoms with Gasteiger partial charge in [0.15, 0.2) is 5.79 Å². The van der Waals surface area contributed by atoms with Gasteiger partial charge in [0.1, 0.15) is 0 Å². The summed E-state index contributed by atoms with van der Waals surface area (Å²) < 4.78 is 0. The van der Waals surface area contributed by atoms with Crippen molar-refractivity contribution >= 4 is 0 Å². The van der Waals surface area contributed by atoms with Crippen molar-refractivity contribution in [3.63, 3.8) is 0 Å². The molecule has 0 rings (SSSR count). The summed E-state index contributed by atoms with van der Waals surface area (Å²) >= 11 is 0. The van der Waals surface area contributed by atoms with Gasteiger partial charge in [0.05, 0.1) is 0 Å². The van der Waals surface area contributed by atoms with Crippen LogP contribution in [-0.2, 0) is 0 Å². The first kappa shape index (κ1) is 12.9. The Labute approximate surface area is 82.0 Å². The molecular weight excluding hydrogens is 164 g/mol. The fourth-order valence-electron chi connectivity index (χ4n) is 1.90. The molecule has 0 aromatic carbocycles. The molecule has 0 heterocycles. The molecule has 0 saturated heterocycles. The second kappa shape index (κ2) is 4.97. The van der Waals surface area contributed by atoms with E-state index >= 15 is 0 Å². The topological polar surface area (TPSA) is 40.5 Å². The van der Waals surface area contributed by atoms with Crippen LogP contribution in [0.25, 0.3) is 0 Å². The van der Waals surface area contributed by atoms with Crippen LogP contribution >= 0.6 is 0 Å². The summed E-state index contributed by atoms with van der Waals surface area (Å²) in [7, 11) is 0. The standard InChI is InChI=1S/C11H24O2/c1-6-7-10(8(2)3)9(4)11(5,12)13/h8-10,12-13H,6-7H2,1-5H3. The first-order valence-electron chi connectivity index (χ1n) is 5.25. The van der Waals surface area contributed by atoms with E-state index in [9.17, 15) is 10.2 Å². The Morgan fingerprint density at radius 3 is 1.85 bits per heavy atom. The molecule has 13 heavy (non-hydrogen) atoms. The molecule has 0 saturated carbocycles. The van der Waals surface area contributed by atoms with E-state index in [1.807, 2.05) is 6.92 Å². The van der Waals surface area contributed by atoms with Crippen LogP contribution in [0.5, 0.6) is 0 Å². The molecule has 0 aliphatic heterocycles. The van der Waals surface area contributed by atoms with Gasteiger partial charge in [-0.05, 0) is 18.8 Å².